The van der Waals surface area contributed by atoms with Crippen molar-refractivity contribution >= 4 is 39.9 Å². The summed E-state index contributed by atoms with van der Waals surface area (Å²) in [6.45, 7) is 3.08. The first-order valence-electron chi connectivity index (χ1n) is 9.59. The van der Waals surface area contributed by atoms with Crippen LogP contribution in [0.1, 0.15) is 20.7 Å². The number of amides is 2. The van der Waals surface area contributed by atoms with Gasteiger partial charge in [-0.1, -0.05) is 48.0 Å². The molecule has 29 heavy (non-hydrogen) atoms. The van der Waals surface area contributed by atoms with E-state index in [0.717, 1.165) is 23.9 Å². The monoisotopic (exact) mass is 407 g/mol. The number of nitrogens with one attached hydrogen (secondary N) is 1. The summed E-state index contributed by atoms with van der Waals surface area (Å²) < 4.78 is 0. The highest BCUT2D eigenvalue weighted by atomic mass is 35.5. The summed E-state index contributed by atoms with van der Waals surface area (Å²) in [6, 6.07) is 18.3. The van der Waals surface area contributed by atoms with Crippen molar-refractivity contribution in [2.24, 2.45) is 0 Å². The first-order chi connectivity index (χ1) is 14.0. The molecule has 0 aliphatic carbocycles. The molecule has 0 unspecified atom stereocenters. The summed E-state index contributed by atoms with van der Waals surface area (Å²) in [5, 5.41) is 5.13. The van der Waals surface area contributed by atoms with Crippen LogP contribution in [-0.4, -0.2) is 54.8 Å². The Bertz CT molecular complexity index is 1070. The van der Waals surface area contributed by atoms with Crippen molar-refractivity contribution in [1.82, 2.24) is 9.80 Å². The molecule has 1 saturated heterocycles. The predicted octanol–water partition coefficient (Wildman–Crippen LogP) is 4.13. The molecule has 0 radical (unpaired) electrons. The maximum absolute atomic E-state index is 12.9. The van der Waals surface area contributed by atoms with E-state index in [2.05, 4.69) is 10.2 Å². The summed E-state index contributed by atoms with van der Waals surface area (Å²) in [7, 11) is 2.05. The number of carbonyl (C=O) groups is 2. The predicted molar refractivity (Wildman–Crippen MR) is 117 cm³/mol. The smallest absolute Gasteiger partial charge is 0.256 e. The lowest BCUT2D eigenvalue weighted by Crippen LogP contribution is -2.47. The lowest BCUT2D eigenvalue weighted by Gasteiger charge is -2.32. The Kier molecular flexibility index (Phi) is 5.51. The second-order valence-corrected chi connectivity index (χ2v) is 7.68. The molecule has 3 aromatic rings. The van der Waals surface area contributed by atoms with E-state index < -0.39 is 0 Å². The van der Waals surface area contributed by atoms with Crippen LogP contribution in [0.15, 0.2) is 60.7 Å². The minimum atomic E-state index is -0.257. The third-order valence-corrected chi connectivity index (χ3v) is 5.62. The molecule has 1 aliphatic heterocycles. The molecule has 0 atom stereocenters. The van der Waals surface area contributed by atoms with Gasteiger partial charge in [0.1, 0.15) is 0 Å². The second kappa shape index (κ2) is 8.23. The van der Waals surface area contributed by atoms with Gasteiger partial charge >= 0.3 is 0 Å². The zero-order valence-corrected chi connectivity index (χ0v) is 16.9. The van der Waals surface area contributed by atoms with Gasteiger partial charge in [-0.15, -0.1) is 0 Å². The molecule has 1 fully saturated rings. The van der Waals surface area contributed by atoms with Crippen LogP contribution >= 0.6 is 11.6 Å². The summed E-state index contributed by atoms with van der Waals surface area (Å²) in [5.41, 5.74) is 1.52. The lowest BCUT2D eigenvalue weighted by atomic mass is 10.0. The fourth-order valence-corrected chi connectivity index (χ4v) is 3.72. The maximum Gasteiger partial charge on any atom is 0.256 e. The molecule has 1 aliphatic rings. The highest BCUT2D eigenvalue weighted by Crippen LogP contribution is 2.26. The molecule has 148 valence electrons. The van der Waals surface area contributed by atoms with Crippen molar-refractivity contribution in [1.29, 1.82) is 0 Å². The number of anilines is 1. The highest BCUT2D eigenvalue weighted by Gasteiger charge is 2.21. The minimum Gasteiger partial charge on any atom is -0.336 e. The van der Waals surface area contributed by atoms with Crippen LogP contribution in [0, 0.1) is 0 Å². The normalized spacial score (nSPS) is 14.8. The van der Waals surface area contributed by atoms with Crippen LogP contribution in [0.3, 0.4) is 0 Å². The average molecular weight is 408 g/mol. The van der Waals surface area contributed by atoms with Gasteiger partial charge in [0.05, 0.1) is 10.7 Å². The molecule has 0 aromatic heterocycles. The average Bonchev–Trinajstić information content (AvgIpc) is 2.75. The van der Waals surface area contributed by atoms with Crippen LogP contribution in [0.4, 0.5) is 5.69 Å². The van der Waals surface area contributed by atoms with Crippen LogP contribution in [0.5, 0.6) is 0 Å². The molecule has 6 heteroatoms. The summed E-state index contributed by atoms with van der Waals surface area (Å²) in [4.78, 5) is 29.8. The fourth-order valence-electron chi connectivity index (χ4n) is 3.56. The zero-order chi connectivity index (χ0) is 20.4. The number of carbonyl (C=O) groups excluding carboxylic acids is 2. The number of fused-ring (bicyclic) bond motifs is 1. The quantitative estimate of drug-likeness (QED) is 0.710. The van der Waals surface area contributed by atoms with Gasteiger partial charge in [0.2, 0.25) is 0 Å². The number of halogens is 1. The van der Waals surface area contributed by atoms with Crippen molar-refractivity contribution in [3.63, 3.8) is 0 Å². The number of hydrogen-bond donors (Lipinski definition) is 1. The molecule has 2 amide bonds. The first kappa shape index (κ1) is 19.4. The van der Waals surface area contributed by atoms with Gasteiger partial charge in [-0.3, -0.25) is 9.59 Å². The van der Waals surface area contributed by atoms with Gasteiger partial charge in [-0.05, 0) is 42.1 Å². The second-order valence-electron chi connectivity index (χ2n) is 7.27. The van der Waals surface area contributed by atoms with Crippen LogP contribution < -0.4 is 5.32 Å². The molecule has 0 spiro atoms. The Morgan fingerprint density at radius 3 is 2.45 bits per heavy atom. The van der Waals surface area contributed by atoms with Gasteiger partial charge in [0, 0.05) is 37.3 Å². The number of benzene rings is 3. The number of nitrogens with zero attached hydrogens (tertiary/aromatic N) is 2. The van der Waals surface area contributed by atoms with E-state index in [1.165, 1.54) is 0 Å². The van der Waals surface area contributed by atoms with Crippen molar-refractivity contribution < 1.29 is 9.59 Å². The Hall–Kier alpha value is -2.89. The van der Waals surface area contributed by atoms with Crippen LogP contribution in [0.25, 0.3) is 10.8 Å². The zero-order valence-electron chi connectivity index (χ0n) is 16.2. The molecule has 0 bridgehead atoms. The van der Waals surface area contributed by atoms with Crippen molar-refractivity contribution in [3.05, 3.63) is 76.8 Å². The van der Waals surface area contributed by atoms with E-state index in [4.69, 9.17) is 11.6 Å². The maximum atomic E-state index is 12.9. The summed E-state index contributed by atoms with van der Waals surface area (Å²) in [5.74, 6) is -0.302. The molecule has 5 nitrogen and oxygen atoms in total. The van der Waals surface area contributed by atoms with E-state index in [0.29, 0.717) is 34.9 Å². The van der Waals surface area contributed by atoms with E-state index in [1.54, 1.807) is 24.3 Å². The molecular formula is C23H22ClN3O2. The molecular weight excluding hydrogens is 386 g/mol. The van der Waals surface area contributed by atoms with Gasteiger partial charge in [-0.25, -0.2) is 0 Å². The van der Waals surface area contributed by atoms with E-state index >= 15 is 0 Å². The highest BCUT2D eigenvalue weighted by molar-refractivity contribution is 6.34. The third kappa shape index (κ3) is 4.11. The van der Waals surface area contributed by atoms with Gasteiger partial charge in [0.15, 0.2) is 0 Å². The number of hydrogen-bond acceptors (Lipinski definition) is 3. The molecule has 1 N–H and O–H groups in total. The largest absolute Gasteiger partial charge is 0.336 e. The fraction of sp³-hybridized carbons (Fsp3) is 0.217. The Morgan fingerprint density at radius 2 is 1.66 bits per heavy atom. The Morgan fingerprint density at radius 1 is 0.931 bits per heavy atom. The Balaban J connectivity index is 1.58. The van der Waals surface area contributed by atoms with E-state index in [1.807, 2.05) is 48.3 Å². The minimum absolute atomic E-state index is 0.0459. The van der Waals surface area contributed by atoms with Crippen LogP contribution in [-0.2, 0) is 0 Å². The van der Waals surface area contributed by atoms with Crippen LogP contribution in [0.2, 0.25) is 5.02 Å². The lowest BCUT2D eigenvalue weighted by molar-refractivity contribution is 0.0664. The van der Waals surface area contributed by atoms with Crippen molar-refractivity contribution in [2.45, 2.75) is 0 Å². The SMILES string of the molecule is CN1CCN(C(=O)c2ccc(Cl)c(NC(=O)c3cccc4ccccc34)c2)CC1. The summed E-state index contributed by atoms with van der Waals surface area (Å²) >= 11 is 6.31. The molecule has 3 aromatic carbocycles. The summed E-state index contributed by atoms with van der Waals surface area (Å²) in [6.07, 6.45) is 0. The molecule has 1 heterocycles. The number of rotatable bonds is 3. The van der Waals surface area contributed by atoms with Gasteiger partial charge in [0.25, 0.3) is 11.8 Å². The topological polar surface area (TPSA) is 52.6 Å². The third-order valence-electron chi connectivity index (χ3n) is 5.29. The molecule has 4 rings (SSSR count). The van der Waals surface area contributed by atoms with Gasteiger partial charge in [-0.2, -0.15) is 0 Å². The Labute approximate surface area is 174 Å². The van der Waals surface area contributed by atoms with Crippen molar-refractivity contribution in [3.8, 4) is 0 Å². The number of likely N-dealkylation sites (N-methyl/N-ethyl adjacent to an activating group) is 1. The van der Waals surface area contributed by atoms with E-state index in [9.17, 15) is 9.59 Å². The standard InChI is InChI=1S/C23H22ClN3O2/c1-26-11-13-27(14-12-26)23(29)17-9-10-20(24)21(15-17)25-22(28)19-8-4-6-16-5-2-3-7-18(16)19/h2-10,15H,11-14H2,1H3,(H,25,28). The van der Waals surface area contributed by atoms with Crippen molar-refractivity contribution in [2.75, 3.05) is 38.5 Å². The van der Waals surface area contributed by atoms with E-state index in [-0.39, 0.29) is 11.8 Å². The van der Waals surface area contributed by atoms with Gasteiger partial charge < -0.3 is 15.1 Å². The molecule has 0 saturated carbocycles. The first-order valence-corrected chi connectivity index (χ1v) is 9.97. The number of piperazine rings is 1.